The topological polar surface area (TPSA) is 102 Å². The highest BCUT2D eigenvalue weighted by Gasteiger charge is 2.10. The summed E-state index contributed by atoms with van der Waals surface area (Å²) in [5.74, 6) is 0.226. The first-order chi connectivity index (χ1) is 15.1. The van der Waals surface area contributed by atoms with Crippen LogP contribution in [0.15, 0.2) is 60.8 Å². The van der Waals surface area contributed by atoms with Crippen LogP contribution < -0.4 is 4.74 Å². The van der Waals surface area contributed by atoms with E-state index in [9.17, 15) is 4.79 Å². The molecule has 1 aliphatic heterocycles. The second-order valence-electron chi connectivity index (χ2n) is 7.02. The molecule has 1 saturated heterocycles. The number of hydrogen-bond acceptors (Lipinski definition) is 7. The van der Waals surface area contributed by atoms with Crippen molar-refractivity contribution in [1.29, 1.82) is 5.41 Å². The fourth-order valence-electron chi connectivity index (χ4n) is 3.05. The fraction of sp³-hybridized carbons (Fsp3) is 0.292. The van der Waals surface area contributed by atoms with E-state index in [4.69, 9.17) is 20.0 Å². The van der Waals surface area contributed by atoms with Gasteiger partial charge in [-0.2, -0.15) is 0 Å². The number of nitrogens with one attached hydrogen (secondary N) is 1. The van der Waals surface area contributed by atoms with E-state index < -0.39 is 12.3 Å². The van der Waals surface area contributed by atoms with Crippen LogP contribution in [0.5, 0.6) is 5.75 Å². The maximum absolute atomic E-state index is 11.5. The van der Waals surface area contributed by atoms with Gasteiger partial charge in [-0.3, -0.25) is 10.4 Å². The summed E-state index contributed by atoms with van der Waals surface area (Å²) >= 11 is 0. The smallest absolute Gasteiger partial charge is 0.337 e. The van der Waals surface area contributed by atoms with Crippen LogP contribution in [0.3, 0.4) is 0 Å². The van der Waals surface area contributed by atoms with Crippen LogP contribution in [0.2, 0.25) is 0 Å². The van der Waals surface area contributed by atoms with Crippen molar-refractivity contribution in [3.63, 3.8) is 0 Å². The highest BCUT2D eigenvalue weighted by atomic mass is 16.6. The molecule has 162 valence electrons. The molecule has 1 unspecified atom stereocenters. The van der Waals surface area contributed by atoms with Gasteiger partial charge in [-0.05, 0) is 54.3 Å². The van der Waals surface area contributed by atoms with Gasteiger partial charge in [-0.15, -0.1) is 0 Å². The predicted molar refractivity (Wildman–Crippen MR) is 118 cm³/mol. The first kappa shape index (κ1) is 22.4. The maximum Gasteiger partial charge on any atom is 0.337 e. The third kappa shape index (κ3) is 6.60. The number of rotatable bonds is 5. The van der Waals surface area contributed by atoms with Crippen molar-refractivity contribution in [2.75, 3.05) is 20.3 Å². The van der Waals surface area contributed by atoms with Crippen LogP contribution in [0.4, 0.5) is 0 Å². The summed E-state index contributed by atoms with van der Waals surface area (Å²) in [5.41, 5.74) is 0.936. The molecule has 1 aliphatic rings. The van der Waals surface area contributed by atoms with Gasteiger partial charge in [0.1, 0.15) is 12.4 Å². The Morgan fingerprint density at radius 1 is 1.16 bits per heavy atom. The maximum atomic E-state index is 11.5. The van der Waals surface area contributed by atoms with Crippen molar-refractivity contribution in [2.45, 2.75) is 25.6 Å². The Morgan fingerprint density at radius 3 is 2.65 bits per heavy atom. The Labute approximate surface area is 181 Å². The molecule has 0 spiro atoms. The number of carbonyl (C=O) groups is 1. The largest absolute Gasteiger partial charge is 0.487 e. The molecule has 7 nitrogen and oxygen atoms in total. The van der Waals surface area contributed by atoms with Crippen molar-refractivity contribution in [3.05, 3.63) is 72.1 Å². The number of methoxy groups -OCH3 is 1. The van der Waals surface area contributed by atoms with E-state index in [-0.39, 0.29) is 12.3 Å². The average molecular weight is 422 g/mol. The van der Waals surface area contributed by atoms with Gasteiger partial charge in [-0.1, -0.05) is 30.3 Å². The Kier molecular flexibility index (Phi) is 8.09. The third-order valence-electron chi connectivity index (χ3n) is 4.75. The standard InChI is InChI=1S/C19H16N2O3.C5H10O2/c1-23-19(22)15-8-9-21-18(11-15)17(20)12-24-16-7-6-13-4-2-3-5-14(13)10-16;6-5-3-1-2-4-7-5/h2-11,20H,12H2,1H3;5-6H,1-4H2. The lowest BCUT2D eigenvalue weighted by molar-refractivity contribution is -0.123. The molecule has 2 N–H and O–H groups in total. The first-order valence-electron chi connectivity index (χ1n) is 10.1. The molecule has 3 aromatic rings. The van der Waals surface area contributed by atoms with E-state index in [2.05, 4.69) is 9.72 Å². The molecule has 2 aromatic carbocycles. The molecule has 1 fully saturated rings. The summed E-state index contributed by atoms with van der Waals surface area (Å²) in [5, 5.41) is 19.0. The molecule has 0 amide bonds. The summed E-state index contributed by atoms with van der Waals surface area (Å²) in [6, 6.07) is 16.8. The van der Waals surface area contributed by atoms with Gasteiger partial charge in [0.05, 0.1) is 24.1 Å². The summed E-state index contributed by atoms with van der Waals surface area (Å²) in [7, 11) is 1.32. The second-order valence-corrected chi connectivity index (χ2v) is 7.02. The Hall–Kier alpha value is -3.29. The van der Waals surface area contributed by atoms with Gasteiger partial charge >= 0.3 is 5.97 Å². The Balaban J connectivity index is 0.000000330. The van der Waals surface area contributed by atoms with Crippen molar-refractivity contribution >= 4 is 22.5 Å². The van der Waals surface area contributed by atoms with Crippen molar-refractivity contribution in [1.82, 2.24) is 4.98 Å². The predicted octanol–water partition coefficient (Wildman–Crippen LogP) is 3.97. The van der Waals surface area contributed by atoms with Gasteiger partial charge < -0.3 is 19.3 Å². The third-order valence-corrected chi connectivity index (χ3v) is 4.75. The average Bonchev–Trinajstić information content (AvgIpc) is 2.83. The van der Waals surface area contributed by atoms with E-state index in [1.807, 2.05) is 42.5 Å². The Bertz CT molecular complexity index is 1030. The number of aliphatic hydroxyl groups excluding tert-OH is 1. The molecule has 1 atom stereocenters. The minimum atomic E-state index is -0.464. The van der Waals surface area contributed by atoms with E-state index in [0.29, 0.717) is 17.0 Å². The van der Waals surface area contributed by atoms with Gasteiger partial charge in [0.2, 0.25) is 0 Å². The van der Waals surface area contributed by atoms with E-state index in [0.717, 1.165) is 36.6 Å². The number of benzene rings is 2. The zero-order valence-electron chi connectivity index (χ0n) is 17.4. The molecule has 0 radical (unpaired) electrons. The fourth-order valence-corrected chi connectivity index (χ4v) is 3.05. The SMILES string of the molecule is COC(=O)c1ccnc(C(=N)COc2ccc3ccccc3c2)c1.OC1CCCCO1. The number of ether oxygens (including phenoxy) is 3. The lowest BCUT2D eigenvalue weighted by Crippen LogP contribution is -2.17. The molecule has 0 saturated carbocycles. The summed E-state index contributed by atoms with van der Waals surface area (Å²) in [6.07, 6.45) is 4.05. The number of nitrogens with zero attached hydrogens (tertiary/aromatic N) is 1. The summed E-state index contributed by atoms with van der Waals surface area (Å²) in [4.78, 5) is 15.6. The van der Waals surface area contributed by atoms with Gasteiger partial charge in [0.15, 0.2) is 6.29 Å². The van der Waals surface area contributed by atoms with Crippen LogP contribution in [-0.4, -0.2) is 48.4 Å². The summed E-state index contributed by atoms with van der Waals surface area (Å²) in [6.45, 7) is 0.803. The van der Waals surface area contributed by atoms with Crippen molar-refractivity contribution < 1.29 is 24.1 Å². The molecular weight excluding hydrogens is 396 g/mol. The number of aliphatic hydroxyl groups is 1. The molecule has 0 bridgehead atoms. The van der Waals surface area contributed by atoms with E-state index in [1.54, 1.807) is 6.07 Å². The molecule has 7 heteroatoms. The molecule has 0 aliphatic carbocycles. The van der Waals surface area contributed by atoms with Crippen LogP contribution >= 0.6 is 0 Å². The molecular formula is C24H26N2O5. The normalized spacial score (nSPS) is 15.5. The minimum absolute atomic E-state index is 0.0654. The zero-order valence-corrected chi connectivity index (χ0v) is 17.4. The highest BCUT2D eigenvalue weighted by molar-refractivity contribution is 6.00. The molecule has 31 heavy (non-hydrogen) atoms. The van der Waals surface area contributed by atoms with Crippen LogP contribution in [-0.2, 0) is 9.47 Å². The molecule has 2 heterocycles. The number of esters is 1. The van der Waals surface area contributed by atoms with Crippen LogP contribution in [0, 0.1) is 5.41 Å². The molecule has 4 rings (SSSR count). The van der Waals surface area contributed by atoms with Crippen LogP contribution in [0.25, 0.3) is 10.8 Å². The number of fused-ring (bicyclic) bond motifs is 1. The Morgan fingerprint density at radius 2 is 1.97 bits per heavy atom. The van der Waals surface area contributed by atoms with Crippen molar-refractivity contribution in [3.8, 4) is 5.75 Å². The quantitative estimate of drug-likeness (QED) is 0.476. The van der Waals surface area contributed by atoms with Crippen LogP contribution in [0.1, 0.15) is 35.3 Å². The van der Waals surface area contributed by atoms with Gasteiger partial charge in [0.25, 0.3) is 0 Å². The van der Waals surface area contributed by atoms with E-state index in [1.165, 1.54) is 19.4 Å². The number of pyridine rings is 1. The van der Waals surface area contributed by atoms with E-state index >= 15 is 0 Å². The monoisotopic (exact) mass is 422 g/mol. The lowest BCUT2D eigenvalue weighted by Gasteiger charge is -2.16. The van der Waals surface area contributed by atoms with Gasteiger partial charge in [-0.25, -0.2) is 4.79 Å². The second kappa shape index (κ2) is 11.2. The minimum Gasteiger partial charge on any atom is -0.487 e. The number of hydrogen-bond donors (Lipinski definition) is 2. The number of carbonyl (C=O) groups excluding carboxylic acids is 1. The summed E-state index contributed by atoms with van der Waals surface area (Å²) < 4.78 is 15.2. The van der Waals surface area contributed by atoms with Crippen molar-refractivity contribution in [2.24, 2.45) is 0 Å². The van der Waals surface area contributed by atoms with Gasteiger partial charge in [0, 0.05) is 12.8 Å². The first-order valence-corrected chi connectivity index (χ1v) is 10.1. The highest BCUT2D eigenvalue weighted by Crippen LogP contribution is 2.20. The number of aromatic nitrogens is 1. The molecule has 1 aromatic heterocycles. The zero-order chi connectivity index (χ0) is 22.1. The lowest BCUT2D eigenvalue weighted by atomic mass is 10.1.